The van der Waals surface area contributed by atoms with Crippen molar-refractivity contribution in [1.82, 2.24) is 0 Å². The van der Waals surface area contributed by atoms with Crippen molar-refractivity contribution in [3.63, 3.8) is 0 Å². The number of aliphatic hydroxyl groups excluding tert-OH is 1. The average molecular weight is 388 g/mol. The van der Waals surface area contributed by atoms with Crippen LogP contribution < -0.4 is 0 Å². The summed E-state index contributed by atoms with van der Waals surface area (Å²) in [5.74, 6) is 0.568. The first-order valence-corrected chi connectivity index (χ1v) is 7.66. The van der Waals surface area contributed by atoms with E-state index in [1.807, 2.05) is 0 Å². The number of furan rings is 1. The Morgan fingerprint density at radius 1 is 1.11 bits per heavy atom. The zero-order chi connectivity index (χ0) is 14.2. The van der Waals surface area contributed by atoms with Crippen molar-refractivity contribution in [2.75, 3.05) is 0 Å². The standard InChI is InChI=1S/C15H16Br2O2/c1-8-4-9(2)11(10(3)5-8)6-13(18)14-7-12(16)15(17)19-14/h4-5,7,13,18H,6H2,1-3H3. The molecule has 0 saturated carbocycles. The van der Waals surface area contributed by atoms with Crippen LogP contribution in [0.5, 0.6) is 0 Å². The summed E-state index contributed by atoms with van der Waals surface area (Å²) < 4.78 is 6.90. The van der Waals surface area contributed by atoms with Crippen LogP contribution in [0, 0.1) is 20.8 Å². The second-order valence-electron chi connectivity index (χ2n) is 4.87. The second-order valence-corrected chi connectivity index (χ2v) is 6.44. The highest BCUT2D eigenvalue weighted by atomic mass is 79.9. The normalized spacial score (nSPS) is 12.7. The maximum absolute atomic E-state index is 10.3. The summed E-state index contributed by atoms with van der Waals surface area (Å²) >= 11 is 6.64. The van der Waals surface area contributed by atoms with E-state index in [-0.39, 0.29) is 0 Å². The topological polar surface area (TPSA) is 33.4 Å². The van der Waals surface area contributed by atoms with E-state index in [2.05, 4.69) is 64.8 Å². The lowest BCUT2D eigenvalue weighted by molar-refractivity contribution is 0.148. The molecule has 1 N–H and O–H groups in total. The summed E-state index contributed by atoms with van der Waals surface area (Å²) in [5, 5.41) is 10.3. The van der Waals surface area contributed by atoms with Gasteiger partial charge in [0.1, 0.15) is 11.9 Å². The van der Waals surface area contributed by atoms with Crippen LogP contribution in [-0.2, 0) is 6.42 Å². The van der Waals surface area contributed by atoms with Crippen LogP contribution in [0.1, 0.15) is 34.1 Å². The van der Waals surface area contributed by atoms with Gasteiger partial charge < -0.3 is 9.52 Å². The molecule has 102 valence electrons. The summed E-state index contributed by atoms with van der Waals surface area (Å²) in [6, 6.07) is 6.08. The van der Waals surface area contributed by atoms with Crippen LogP contribution in [-0.4, -0.2) is 5.11 Å². The minimum atomic E-state index is -0.636. The molecule has 0 aliphatic rings. The summed E-state index contributed by atoms with van der Waals surface area (Å²) in [7, 11) is 0. The molecular weight excluding hydrogens is 372 g/mol. The molecule has 0 radical (unpaired) electrons. The highest BCUT2D eigenvalue weighted by Gasteiger charge is 2.17. The maximum Gasteiger partial charge on any atom is 0.183 e. The van der Waals surface area contributed by atoms with Gasteiger partial charge in [-0.1, -0.05) is 17.7 Å². The van der Waals surface area contributed by atoms with Crippen LogP contribution in [0.25, 0.3) is 0 Å². The van der Waals surface area contributed by atoms with Gasteiger partial charge in [-0.15, -0.1) is 0 Å². The van der Waals surface area contributed by atoms with E-state index in [0.717, 1.165) is 4.47 Å². The summed E-state index contributed by atoms with van der Waals surface area (Å²) in [6.45, 7) is 6.24. The van der Waals surface area contributed by atoms with Crippen molar-refractivity contribution in [3.8, 4) is 0 Å². The molecular formula is C15H16Br2O2. The van der Waals surface area contributed by atoms with E-state index in [0.29, 0.717) is 16.9 Å². The first-order valence-electron chi connectivity index (χ1n) is 6.08. The molecule has 1 heterocycles. The summed E-state index contributed by atoms with van der Waals surface area (Å²) in [4.78, 5) is 0. The van der Waals surface area contributed by atoms with E-state index in [1.54, 1.807) is 6.07 Å². The van der Waals surface area contributed by atoms with Gasteiger partial charge in [0.15, 0.2) is 4.67 Å². The molecule has 0 bridgehead atoms. The zero-order valence-electron chi connectivity index (χ0n) is 11.1. The fourth-order valence-corrected chi connectivity index (χ4v) is 2.96. The molecule has 2 rings (SSSR count). The van der Waals surface area contributed by atoms with Gasteiger partial charge in [0.05, 0.1) is 4.47 Å². The number of aliphatic hydroxyl groups is 1. The second kappa shape index (κ2) is 5.81. The Kier molecular flexibility index (Phi) is 4.54. The highest BCUT2D eigenvalue weighted by Crippen LogP contribution is 2.32. The highest BCUT2D eigenvalue weighted by molar-refractivity contribution is 9.13. The molecule has 1 aromatic heterocycles. The van der Waals surface area contributed by atoms with Crippen molar-refractivity contribution in [1.29, 1.82) is 0 Å². The summed E-state index contributed by atoms with van der Waals surface area (Å²) in [6.07, 6.45) is -0.0765. The van der Waals surface area contributed by atoms with Crippen molar-refractivity contribution < 1.29 is 9.52 Å². The first kappa shape index (κ1) is 14.8. The Morgan fingerprint density at radius 2 is 1.68 bits per heavy atom. The average Bonchev–Trinajstić information content (AvgIpc) is 2.64. The number of hydrogen-bond donors (Lipinski definition) is 1. The fraction of sp³-hybridized carbons (Fsp3) is 0.333. The molecule has 2 nitrogen and oxygen atoms in total. The molecule has 0 spiro atoms. The molecule has 0 aliphatic heterocycles. The van der Waals surface area contributed by atoms with Crippen LogP contribution in [0.4, 0.5) is 0 Å². The van der Waals surface area contributed by atoms with Crippen molar-refractivity contribution in [2.45, 2.75) is 33.3 Å². The lowest BCUT2D eigenvalue weighted by Gasteiger charge is -2.14. The molecule has 0 aliphatic carbocycles. The maximum atomic E-state index is 10.3. The number of halogens is 2. The van der Waals surface area contributed by atoms with Crippen molar-refractivity contribution in [2.24, 2.45) is 0 Å². The molecule has 0 saturated heterocycles. The molecule has 4 heteroatoms. The minimum absolute atomic E-state index is 0.560. The summed E-state index contributed by atoms with van der Waals surface area (Å²) in [5.41, 5.74) is 4.85. The van der Waals surface area contributed by atoms with Gasteiger partial charge >= 0.3 is 0 Å². The smallest absolute Gasteiger partial charge is 0.183 e. The van der Waals surface area contributed by atoms with Crippen LogP contribution in [0.2, 0.25) is 0 Å². The van der Waals surface area contributed by atoms with Gasteiger partial charge in [0.25, 0.3) is 0 Å². The van der Waals surface area contributed by atoms with Gasteiger partial charge in [-0.2, -0.15) is 0 Å². The van der Waals surface area contributed by atoms with E-state index < -0.39 is 6.10 Å². The fourth-order valence-electron chi connectivity index (χ4n) is 2.35. The molecule has 0 fully saturated rings. The Hall–Kier alpha value is -0.580. The van der Waals surface area contributed by atoms with Gasteiger partial charge in [-0.3, -0.25) is 0 Å². The van der Waals surface area contributed by atoms with Crippen LogP contribution >= 0.6 is 31.9 Å². The molecule has 0 amide bonds. The Bertz CT molecular complexity index is 560. The first-order chi connectivity index (χ1) is 8.88. The quantitative estimate of drug-likeness (QED) is 0.803. The predicted octanol–water partition coefficient (Wildman–Crippen LogP) is 5.01. The minimum Gasteiger partial charge on any atom is -0.450 e. The molecule has 1 unspecified atom stereocenters. The van der Waals surface area contributed by atoms with E-state index >= 15 is 0 Å². The third-order valence-electron chi connectivity index (χ3n) is 3.23. The SMILES string of the molecule is Cc1cc(C)c(CC(O)c2cc(Br)c(Br)o2)c(C)c1. The Morgan fingerprint density at radius 3 is 2.16 bits per heavy atom. The monoisotopic (exact) mass is 386 g/mol. The van der Waals surface area contributed by atoms with Gasteiger partial charge in [0.2, 0.25) is 0 Å². The lowest BCUT2D eigenvalue weighted by atomic mass is 9.95. The van der Waals surface area contributed by atoms with E-state index in [4.69, 9.17) is 4.42 Å². The number of rotatable bonds is 3. The number of aryl methyl sites for hydroxylation is 3. The van der Waals surface area contributed by atoms with Gasteiger partial charge in [-0.25, -0.2) is 0 Å². The number of benzene rings is 1. The largest absolute Gasteiger partial charge is 0.450 e. The molecule has 1 aromatic carbocycles. The molecule has 1 atom stereocenters. The molecule has 2 aromatic rings. The third-order valence-corrected chi connectivity index (χ3v) is 4.94. The zero-order valence-corrected chi connectivity index (χ0v) is 14.3. The Balaban J connectivity index is 2.26. The van der Waals surface area contributed by atoms with Gasteiger partial charge in [-0.05, 0) is 75.4 Å². The Labute approximate surface area is 130 Å². The van der Waals surface area contributed by atoms with Crippen LogP contribution in [0.3, 0.4) is 0 Å². The predicted molar refractivity (Wildman–Crippen MR) is 83.4 cm³/mol. The number of hydrogen-bond acceptors (Lipinski definition) is 2. The van der Waals surface area contributed by atoms with Gasteiger partial charge in [0, 0.05) is 6.42 Å². The lowest BCUT2D eigenvalue weighted by Crippen LogP contribution is -2.04. The third kappa shape index (κ3) is 3.30. The van der Waals surface area contributed by atoms with E-state index in [9.17, 15) is 5.11 Å². The van der Waals surface area contributed by atoms with Crippen LogP contribution in [0.15, 0.2) is 31.8 Å². The van der Waals surface area contributed by atoms with E-state index in [1.165, 1.54) is 22.3 Å². The molecule has 19 heavy (non-hydrogen) atoms. The van der Waals surface area contributed by atoms with Crippen molar-refractivity contribution >= 4 is 31.9 Å². The van der Waals surface area contributed by atoms with Crippen molar-refractivity contribution in [3.05, 3.63) is 55.4 Å².